The third-order valence-electron chi connectivity index (χ3n) is 4.69. The van der Waals surface area contributed by atoms with Crippen LogP contribution in [0, 0.1) is 30.6 Å². The Hall–Kier alpha value is 1.06. The predicted molar refractivity (Wildman–Crippen MR) is 65.6 cm³/mol. The molecule has 0 saturated carbocycles. The predicted octanol–water partition coefficient (Wildman–Crippen LogP) is 3.93. The Morgan fingerprint density at radius 2 is 1.69 bits per heavy atom. The average Bonchev–Trinajstić information content (AvgIpc) is 2.19. The van der Waals surface area contributed by atoms with Gasteiger partial charge in [0.05, 0.1) is 11.7 Å². The Labute approximate surface area is 127 Å². The van der Waals surface area contributed by atoms with Gasteiger partial charge in [-0.3, -0.25) is 0 Å². The third-order valence-corrected chi connectivity index (χ3v) is 4.69. The van der Waals surface area contributed by atoms with Gasteiger partial charge in [-0.25, -0.2) is 0 Å². The summed E-state index contributed by atoms with van der Waals surface area (Å²) in [4.78, 5) is 0. The van der Waals surface area contributed by atoms with Gasteiger partial charge in [-0.2, -0.15) is 6.42 Å². The van der Waals surface area contributed by atoms with Gasteiger partial charge >= 0.3 is 0 Å². The van der Waals surface area contributed by atoms with Gasteiger partial charge in [0.1, 0.15) is 0 Å². The number of hydrogen-bond donors (Lipinski definition) is 0. The van der Waals surface area contributed by atoms with Crippen molar-refractivity contribution >= 4 is 0 Å². The average molecular weight is 300 g/mol. The molecular formula is C14H27OY-. The van der Waals surface area contributed by atoms with Crippen molar-refractivity contribution in [2.24, 2.45) is 23.7 Å². The van der Waals surface area contributed by atoms with E-state index in [1.165, 1.54) is 0 Å². The minimum absolute atomic E-state index is 0. The van der Waals surface area contributed by atoms with Crippen LogP contribution in [-0.4, -0.2) is 11.7 Å². The first-order chi connectivity index (χ1) is 6.81. The standard InChI is InChI=1S/C14H27O.Y/c1-8-9(2)13-11(4)10(3)12(5)14(6,7)15-13;/h9-13H,1,8H2,2-7H3;/q-1;. The molecule has 1 aliphatic heterocycles. The van der Waals surface area contributed by atoms with E-state index in [9.17, 15) is 0 Å². The minimum Gasteiger partial charge on any atom is -0.372 e. The number of rotatable bonds is 2. The molecule has 0 aromatic carbocycles. The Kier molecular flexibility index (Phi) is 6.71. The summed E-state index contributed by atoms with van der Waals surface area (Å²) in [7, 11) is 0. The second kappa shape index (κ2) is 6.29. The van der Waals surface area contributed by atoms with E-state index in [-0.39, 0.29) is 38.3 Å². The summed E-state index contributed by atoms with van der Waals surface area (Å²) in [6, 6.07) is 0. The van der Waals surface area contributed by atoms with Crippen molar-refractivity contribution in [2.75, 3.05) is 0 Å². The molecule has 1 radical (unpaired) electrons. The third kappa shape index (κ3) is 3.30. The Morgan fingerprint density at radius 3 is 2.12 bits per heavy atom. The van der Waals surface area contributed by atoms with Crippen LogP contribution in [0.3, 0.4) is 0 Å². The van der Waals surface area contributed by atoms with Crippen molar-refractivity contribution in [3.05, 3.63) is 6.92 Å². The van der Waals surface area contributed by atoms with E-state index < -0.39 is 0 Å². The molecule has 0 aliphatic carbocycles. The van der Waals surface area contributed by atoms with Gasteiger partial charge in [0, 0.05) is 32.7 Å². The van der Waals surface area contributed by atoms with Gasteiger partial charge in [0.2, 0.25) is 0 Å². The van der Waals surface area contributed by atoms with Gasteiger partial charge in [-0.15, -0.1) is 0 Å². The summed E-state index contributed by atoms with van der Waals surface area (Å²) in [5.74, 6) is 2.56. The molecule has 0 aromatic rings. The molecule has 5 atom stereocenters. The van der Waals surface area contributed by atoms with E-state index in [4.69, 9.17) is 4.74 Å². The van der Waals surface area contributed by atoms with Gasteiger partial charge in [0.15, 0.2) is 0 Å². The summed E-state index contributed by atoms with van der Waals surface area (Å²) in [5.41, 5.74) is 0.0139. The van der Waals surface area contributed by atoms with E-state index in [1.807, 2.05) is 0 Å². The van der Waals surface area contributed by atoms with Crippen molar-refractivity contribution in [3.63, 3.8) is 0 Å². The zero-order valence-corrected chi connectivity index (χ0v) is 14.6. The largest absolute Gasteiger partial charge is 0.372 e. The van der Waals surface area contributed by atoms with E-state index in [0.29, 0.717) is 23.9 Å². The summed E-state index contributed by atoms with van der Waals surface area (Å²) < 4.78 is 6.28. The van der Waals surface area contributed by atoms with Crippen LogP contribution >= 0.6 is 0 Å². The summed E-state index contributed by atoms with van der Waals surface area (Å²) >= 11 is 0. The van der Waals surface area contributed by atoms with Gasteiger partial charge in [-0.1, -0.05) is 27.7 Å². The summed E-state index contributed by atoms with van der Waals surface area (Å²) in [6.07, 6.45) is 1.34. The van der Waals surface area contributed by atoms with Crippen molar-refractivity contribution in [2.45, 2.75) is 59.7 Å². The second-order valence-corrected chi connectivity index (χ2v) is 5.96. The van der Waals surface area contributed by atoms with Crippen molar-refractivity contribution in [1.82, 2.24) is 0 Å². The quantitative estimate of drug-likeness (QED) is 0.702. The number of hydrogen-bond acceptors (Lipinski definition) is 1. The van der Waals surface area contributed by atoms with E-state index in [2.05, 4.69) is 48.5 Å². The van der Waals surface area contributed by atoms with Crippen LogP contribution in [0.4, 0.5) is 0 Å². The van der Waals surface area contributed by atoms with Crippen LogP contribution in [0.15, 0.2) is 0 Å². The fraction of sp³-hybridized carbons (Fsp3) is 0.929. The monoisotopic (exact) mass is 300 g/mol. The molecule has 0 N–H and O–H groups in total. The maximum absolute atomic E-state index is 6.28. The molecule has 1 rings (SSSR count). The molecule has 1 heterocycles. The van der Waals surface area contributed by atoms with Crippen LogP contribution in [0.25, 0.3) is 0 Å². The molecule has 0 amide bonds. The summed E-state index contributed by atoms with van der Waals surface area (Å²) in [5, 5.41) is 0. The second-order valence-electron chi connectivity index (χ2n) is 5.96. The Morgan fingerprint density at radius 1 is 1.19 bits per heavy atom. The Balaban J connectivity index is 0.00000225. The van der Waals surface area contributed by atoms with Crippen molar-refractivity contribution in [1.29, 1.82) is 0 Å². The van der Waals surface area contributed by atoms with Gasteiger partial charge in [-0.05, 0) is 37.5 Å². The molecule has 0 aromatic heterocycles. The van der Waals surface area contributed by atoms with Crippen molar-refractivity contribution < 1.29 is 37.4 Å². The number of ether oxygens (including phenoxy) is 1. The Bertz CT molecular complexity index is 215. The molecule has 1 saturated heterocycles. The van der Waals surface area contributed by atoms with Crippen LogP contribution < -0.4 is 0 Å². The molecule has 1 nitrogen and oxygen atoms in total. The smallest absolute Gasteiger partial charge is 0.0658 e. The van der Waals surface area contributed by atoms with Crippen molar-refractivity contribution in [3.8, 4) is 0 Å². The van der Waals surface area contributed by atoms with E-state index >= 15 is 0 Å². The van der Waals surface area contributed by atoms with Gasteiger partial charge in [0.25, 0.3) is 0 Å². The maximum atomic E-state index is 6.28. The van der Waals surface area contributed by atoms with E-state index in [1.54, 1.807) is 0 Å². The summed E-state index contributed by atoms with van der Waals surface area (Å²) in [6.45, 7) is 17.7. The maximum Gasteiger partial charge on any atom is 0.0658 e. The van der Waals surface area contributed by atoms with Gasteiger partial charge < -0.3 is 11.7 Å². The zero-order valence-electron chi connectivity index (χ0n) is 11.8. The molecule has 93 valence electrons. The molecule has 0 spiro atoms. The first-order valence-corrected chi connectivity index (χ1v) is 6.28. The van der Waals surface area contributed by atoms with Crippen LogP contribution in [0.2, 0.25) is 0 Å². The first kappa shape index (κ1) is 17.1. The molecule has 1 aliphatic rings. The fourth-order valence-electron chi connectivity index (χ4n) is 2.75. The topological polar surface area (TPSA) is 9.23 Å². The van der Waals surface area contributed by atoms with Crippen LogP contribution in [-0.2, 0) is 37.4 Å². The zero-order chi connectivity index (χ0) is 11.8. The van der Waals surface area contributed by atoms with E-state index in [0.717, 1.165) is 12.3 Å². The molecule has 5 unspecified atom stereocenters. The molecule has 0 bridgehead atoms. The SMILES string of the molecule is [CH2-]CC(C)C1OC(C)(C)C(C)C(C)C1C.[Y]. The van der Waals surface area contributed by atoms with Crippen LogP contribution in [0.1, 0.15) is 48.0 Å². The normalized spacial score (nSPS) is 39.9. The molecule has 2 heteroatoms. The fourth-order valence-corrected chi connectivity index (χ4v) is 2.75. The molecular weight excluding hydrogens is 273 g/mol. The molecule has 16 heavy (non-hydrogen) atoms. The van der Waals surface area contributed by atoms with Crippen LogP contribution in [0.5, 0.6) is 0 Å². The first-order valence-electron chi connectivity index (χ1n) is 6.28. The molecule has 1 fully saturated rings. The minimum atomic E-state index is 0.